The molecule has 0 unspecified atom stereocenters. The van der Waals surface area contributed by atoms with E-state index in [-0.39, 0.29) is 13.1 Å². The van der Waals surface area contributed by atoms with Crippen LogP contribution in [-0.2, 0) is 17.9 Å². The van der Waals surface area contributed by atoms with Crippen molar-refractivity contribution in [3.05, 3.63) is 27.2 Å². The Morgan fingerprint density at radius 2 is 2.19 bits per heavy atom. The summed E-state index contributed by atoms with van der Waals surface area (Å²) in [7, 11) is 3.61. The molecule has 0 aliphatic carbocycles. The van der Waals surface area contributed by atoms with Crippen LogP contribution in [0, 0.1) is 0 Å². The molecule has 7 nitrogen and oxygen atoms in total. The van der Waals surface area contributed by atoms with Gasteiger partial charge in [0.05, 0.1) is 17.4 Å². The van der Waals surface area contributed by atoms with Gasteiger partial charge in [0.15, 0.2) is 0 Å². The van der Waals surface area contributed by atoms with Crippen molar-refractivity contribution in [2.24, 2.45) is 0 Å². The van der Waals surface area contributed by atoms with Gasteiger partial charge in [-0.25, -0.2) is 0 Å². The minimum absolute atomic E-state index is 0.116. The van der Waals surface area contributed by atoms with Crippen molar-refractivity contribution in [1.82, 2.24) is 15.0 Å². The minimum atomic E-state index is -0.912. The van der Waals surface area contributed by atoms with Crippen LogP contribution in [-0.4, -0.2) is 46.8 Å². The Hall–Kier alpha value is -1.64. The van der Waals surface area contributed by atoms with Gasteiger partial charge in [0.1, 0.15) is 0 Å². The van der Waals surface area contributed by atoms with E-state index < -0.39 is 5.97 Å². The fourth-order valence-electron chi connectivity index (χ4n) is 1.70. The number of carbonyl (C=O) groups is 1. The summed E-state index contributed by atoms with van der Waals surface area (Å²) < 4.78 is 5.79. The number of halogens is 1. The molecule has 2 heterocycles. The van der Waals surface area contributed by atoms with E-state index >= 15 is 0 Å². The van der Waals surface area contributed by atoms with E-state index in [4.69, 9.17) is 21.2 Å². The smallest absolute Gasteiger partial charge is 0.317 e. The molecule has 1 N–H and O–H groups in total. The van der Waals surface area contributed by atoms with Gasteiger partial charge in [-0.2, -0.15) is 4.98 Å². The highest BCUT2D eigenvalue weighted by Crippen LogP contribution is 2.23. The molecule has 0 aliphatic heterocycles. The zero-order valence-corrected chi connectivity index (χ0v) is 13.2. The molecule has 0 saturated carbocycles. The zero-order valence-electron chi connectivity index (χ0n) is 11.6. The van der Waals surface area contributed by atoms with Gasteiger partial charge >= 0.3 is 5.97 Å². The van der Waals surface area contributed by atoms with Gasteiger partial charge < -0.3 is 14.5 Å². The number of carboxylic acids is 1. The Balaban J connectivity index is 2.06. The molecule has 2 aromatic rings. The third-order valence-corrected chi connectivity index (χ3v) is 3.80. The number of carboxylic acid groups (broad SMARTS) is 1. The number of nitrogens with zero attached hydrogens (tertiary/aromatic N) is 4. The SMILES string of the molecule is CN(C)c1noc(CN(CC(=O)O)Cc2ccc(Cl)s2)n1. The molecule has 2 rings (SSSR count). The van der Waals surface area contributed by atoms with Crippen LogP contribution >= 0.6 is 22.9 Å². The fraction of sp³-hybridized carbons (Fsp3) is 0.417. The Bertz CT molecular complexity index is 613. The van der Waals surface area contributed by atoms with Crippen molar-refractivity contribution in [2.75, 3.05) is 25.5 Å². The van der Waals surface area contributed by atoms with E-state index in [0.717, 1.165) is 4.88 Å². The zero-order chi connectivity index (χ0) is 15.4. The summed E-state index contributed by atoms with van der Waals surface area (Å²) in [5.41, 5.74) is 0. The first kappa shape index (κ1) is 15.7. The van der Waals surface area contributed by atoms with Crippen LogP contribution in [0.1, 0.15) is 10.8 Å². The predicted molar refractivity (Wildman–Crippen MR) is 79.7 cm³/mol. The van der Waals surface area contributed by atoms with Crippen molar-refractivity contribution in [1.29, 1.82) is 0 Å². The highest BCUT2D eigenvalue weighted by Gasteiger charge is 2.16. The van der Waals surface area contributed by atoms with Crippen LogP contribution in [0.25, 0.3) is 0 Å². The lowest BCUT2D eigenvalue weighted by Gasteiger charge is -2.16. The highest BCUT2D eigenvalue weighted by molar-refractivity contribution is 7.16. The lowest BCUT2D eigenvalue weighted by molar-refractivity contribution is -0.138. The van der Waals surface area contributed by atoms with E-state index in [0.29, 0.717) is 22.7 Å². The molecule has 21 heavy (non-hydrogen) atoms. The summed E-state index contributed by atoms with van der Waals surface area (Å²) in [6.45, 7) is 0.612. The van der Waals surface area contributed by atoms with Crippen LogP contribution in [0.4, 0.5) is 5.95 Å². The Kier molecular flexibility index (Phi) is 5.16. The molecular weight excluding hydrogens is 316 g/mol. The van der Waals surface area contributed by atoms with Gasteiger partial charge in [-0.15, -0.1) is 11.3 Å². The molecule has 0 fully saturated rings. The molecule has 114 valence electrons. The molecule has 0 spiro atoms. The Labute approximate surface area is 130 Å². The fourth-order valence-corrected chi connectivity index (χ4v) is 2.83. The van der Waals surface area contributed by atoms with Gasteiger partial charge in [-0.1, -0.05) is 11.6 Å². The summed E-state index contributed by atoms with van der Waals surface area (Å²) in [6, 6.07) is 3.66. The third-order valence-electron chi connectivity index (χ3n) is 2.58. The van der Waals surface area contributed by atoms with Crippen LogP contribution in [0.15, 0.2) is 16.7 Å². The number of hydrogen-bond acceptors (Lipinski definition) is 7. The maximum Gasteiger partial charge on any atom is 0.317 e. The van der Waals surface area contributed by atoms with E-state index in [2.05, 4.69) is 10.1 Å². The maximum absolute atomic E-state index is 11.0. The predicted octanol–water partition coefficient (Wildman–Crippen LogP) is 1.94. The Morgan fingerprint density at radius 1 is 1.43 bits per heavy atom. The highest BCUT2D eigenvalue weighted by atomic mass is 35.5. The lowest BCUT2D eigenvalue weighted by Crippen LogP contribution is -2.28. The van der Waals surface area contributed by atoms with Crippen molar-refractivity contribution in [2.45, 2.75) is 13.1 Å². The largest absolute Gasteiger partial charge is 0.480 e. The number of aliphatic carboxylic acids is 1. The summed E-state index contributed by atoms with van der Waals surface area (Å²) in [6.07, 6.45) is 0. The van der Waals surface area contributed by atoms with Gasteiger partial charge in [-0.3, -0.25) is 9.69 Å². The molecule has 2 aromatic heterocycles. The topological polar surface area (TPSA) is 82.7 Å². The average Bonchev–Trinajstić information content (AvgIpc) is 2.98. The molecule has 0 radical (unpaired) electrons. The maximum atomic E-state index is 11.0. The summed E-state index contributed by atoms with van der Waals surface area (Å²) >= 11 is 7.31. The molecule has 0 atom stereocenters. The first-order valence-corrected chi connectivity index (χ1v) is 7.32. The second-order valence-corrected chi connectivity index (χ2v) is 6.43. The molecule has 0 bridgehead atoms. The van der Waals surface area contributed by atoms with Crippen molar-refractivity contribution in [3.8, 4) is 0 Å². The van der Waals surface area contributed by atoms with E-state index in [1.807, 2.05) is 6.07 Å². The van der Waals surface area contributed by atoms with Crippen LogP contribution < -0.4 is 4.90 Å². The van der Waals surface area contributed by atoms with E-state index in [1.165, 1.54) is 11.3 Å². The number of anilines is 1. The second-order valence-electron chi connectivity index (χ2n) is 4.63. The summed E-state index contributed by atoms with van der Waals surface area (Å²) in [5.74, 6) is -0.0768. The first-order valence-electron chi connectivity index (χ1n) is 6.12. The minimum Gasteiger partial charge on any atom is -0.480 e. The van der Waals surface area contributed by atoms with Crippen molar-refractivity contribution >= 4 is 34.9 Å². The number of thiophene rings is 1. The summed E-state index contributed by atoms with van der Waals surface area (Å²) in [5, 5.41) is 12.8. The number of rotatable bonds is 7. The Morgan fingerprint density at radius 3 is 2.71 bits per heavy atom. The molecule has 0 aromatic carbocycles. The van der Waals surface area contributed by atoms with Crippen LogP contribution in [0.2, 0.25) is 4.34 Å². The molecule has 9 heteroatoms. The molecule has 0 saturated heterocycles. The third kappa shape index (κ3) is 4.69. The lowest BCUT2D eigenvalue weighted by atomic mass is 10.4. The van der Waals surface area contributed by atoms with Crippen LogP contribution in [0.5, 0.6) is 0 Å². The van der Waals surface area contributed by atoms with E-state index in [9.17, 15) is 4.79 Å². The second kappa shape index (κ2) is 6.88. The first-order chi connectivity index (χ1) is 9.94. The van der Waals surface area contributed by atoms with E-state index in [1.54, 1.807) is 30.0 Å². The molecule has 0 amide bonds. The number of hydrogen-bond donors (Lipinski definition) is 1. The average molecular weight is 331 g/mol. The normalized spacial score (nSPS) is 11.0. The van der Waals surface area contributed by atoms with Gasteiger partial charge in [0.2, 0.25) is 5.89 Å². The van der Waals surface area contributed by atoms with Gasteiger partial charge in [-0.05, 0) is 17.3 Å². The van der Waals surface area contributed by atoms with Crippen molar-refractivity contribution < 1.29 is 14.4 Å². The molecular formula is C12H15ClN4O3S. The summed E-state index contributed by atoms with van der Waals surface area (Å²) in [4.78, 5) is 19.6. The molecule has 0 aliphatic rings. The standard InChI is InChI=1S/C12H15ClN4O3S/c1-16(2)12-14-10(20-15-12)6-17(7-11(18)19)5-8-3-4-9(13)21-8/h3-4H,5-7H2,1-2H3,(H,18,19). The van der Waals surface area contributed by atoms with Crippen LogP contribution in [0.3, 0.4) is 0 Å². The number of aromatic nitrogens is 2. The quantitative estimate of drug-likeness (QED) is 0.830. The van der Waals surface area contributed by atoms with Gasteiger partial charge in [0.25, 0.3) is 5.95 Å². The van der Waals surface area contributed by atoms with Crippen molar-refractivity contribution in [3.63, 3.8) is 0 Å². The van der Waals surface area contributed by atoms with Gasteiger partial charge in [0, 0.05) is 25.5 Å². The monoisotopic (exact) mass is 330 g/mol.